The summed E-state index contributed by atoms with van der Waals surface area (Å²) in [6.07, 6.45) is 8.88. The smallest absolute Gasteiger partial charge is 0.276 e. The van der Waals surface area contributed by atoms with Crippen LogP contribution in [0.1, 0.15) is 36.2 Å². The van der Waals surface area contributed by atoms with E-state index in [9.17, 15) is 4.79 Å². The first kappa shape index (κ1) is 16.9. The predicted octanol–water partition coefficient (Wildman–Crippen LogP) is 2.88. The summed E-state index contributed by atoms with van der Waals surface area (Å²) in [7, 11) is 0. The number of fused-ring (bicyclic) bond motifs is 2. The van der Waals surface area contributed by atoms with Crippen LogP contribution in [0, 0.1) is 0 Å². The molecule has 1 aromatic carbocycles. The highest BCUT2D eigenvalue weighted by Crippen LogP contribution is 2.38. The average molecular weight is 375 g/mol. The molecule has 1 amide bonds. The van der Waals surface area contributed by atoms with Crippen molar-refractivity contribution in [2.75, 3.05) is 0 Å². The van der Waals surface area contributed by atoms with Crippen LogP contribution >= 0.6 is 0 Å². The number of hydrogen-bond acceptors (Lipinski definition) is 5. The monoisotopic (exact) mass is 375 g/mol. The summed E-state index contributed by atoms with van der Waals surface area (Å²) in [4.78, 5) is 20.7. The average Bonchev–Trinajstić information content (AvgIpc) is 3.32. The quantitative estimate of drug-likeness (QED) is 0.701. The first-order chi connectivity index (χ1) is 13.8. The number of amides is 1. The minimum Gasteiger partial charge on any atom is -0.490 e. The van der Waals surface area contributed by atoms with Crippen molar-refractivity contribution in [2.24, 2.45) is 0 Å². The number of pyridine rings is 1. The second-order valence-electron chi connectivity index (χ2n) is 7.35. The van der Waals surface area contributed by atoms with Gasteiger partial charge in [-0.2, -0.15) is 9.90 Å². The van der Waals surface area contributed by atoms with E-state index in [-0.39, 0.29) is 24.1 Å². The van der Waals surface area contributed by atoms with Crippen LogP contribution in [-0.2, 0) is 0 Å². The molecule has 28 heavy (non-hydrogen) atoms. The lowest BCUT2D eigenvalue weighted by molar-refractivity contribution is 0.0353. The van der Waals surface area contributed by atoms with Gasteiger partial charge in [0.15, 0.2) is 5.69 Å². The standard InChI is InChI=1S/C21H21N5O2/c27-21(20-14-23-26(24-20)15-4-2-1-3-5-15)25-16-6-7-17(25)13-19(12-16)28-18-8-10-22-11-9-18/h1-5,8-11,14,16-17,19H,6-7,12-13H2. The predicted molar refractivity (Wildman–Crippen MR) is 102 cm³/mol. The number of piperidine rings is 1. The van der Waals surface area contributed by atoms with Crippen LogP contribution in [0.25, 0.3) is 5.69 Å². The number of benzene rings is 1. The third kappa shape index (κ3) is 3.13. The zero-order chi connectivity index (χ0) is 18.9. The van der Waals surface area contributed by atoms with Crippen LogP contribution in [0.3, 0.4) is 0 Å². The molecule has 5 rings (SSSR count). The van der Waals surface area contributed by atoms with Crippen molar-refractivity contribution in [2.45, 2.75) is 43.9 Å². The van der Waals surface area contributed by atoms with Gasteiger partial charge in [0, 0.05) is 37.3 Å². The van der Waals surface area contributed by atoms with E-state index in [0.29, 0.717) is 5.69 Å². The number of para-hydroxylation sites is 1. The van der Waals surface area contributed by atoms with Gasteiger partial charge in [0.25, 0.3) is 5.91 Å². The summed E-state index contributed by atoms with van der Waals surface area (Å²) in [6, 6.07) is 13.8. The Balaban J connectivity index is 1.30. The number of aromatic nitrogens is 4. The first-order valence-corrected chi connectivity index (χ1v) is 9.65. The fourth-order valence-corrected chi connectivity index (χ4v) is 4.34. The number of hydrogen-bond donors (Lipinski definition) is 0. The fraction of sp³-hybridized carbons (Fsp3) is 0.333. The zero-order valence-electron chi connectivity index (χ0n) is 15.4. The van der Waals surface area contributed by atoms with Gasteiger partial charge in [-0.15, -0.1) is 5.10 Å². The van der Waals surface area contributed by atoms with E-state index in [1.807, 2.05) is 47.4 Å². The van der Waals surface area contributed by atoms with Crippen LogP contribution in [0.5, 0.6) is 5.75 Å². The van der Waals surface area contributed by atoms with E-state index in [4.69, 9.17) is 4.74 Å². The molecule has 2 aliphatic rings. The van der Waals surface area contributed by atoms with E-state index in [0.717, 1.165) is 37.1 Å². The second-order valence-corrected chi connectivity index (χ2v) is 7.35. The molecule has 2 bridgehead atoms. The summed E-state index contributed by atoms with van der Waals surface area (Å²) in [5.41, 5.74) is 1.24. The van der Waals surface area contributed by atoms with Gasteiger partial charge >= 0.3 is 0 Å². The SMILES string of the molecule is O=C(c1cnn(-c2ccccc2)n1)N1C2CCC1CC(Oc1ccncc1)C2. The Bertz CT molecular complexity index is 945. The minimum absolute atomic E-state index is 0.0305. The Morgan fingerprint density at radius 3 is 2.43 bits per heavy atom. The number of carbonyl (C=O) groups is 1. The Hall–Kier alpha value is -3.22. The molecule has 2 atom stereocenters. The summed E-state index contributed by atoms with van der Waals surface area (Å²) in [6.45, 7) is 0. The van der Waals surface area contributed by atoms with E-state index in [2.05, 4.69) is 15.2 Å². The molecule has 7 heteroatoms. The molecule has 2 unspecified atom stereocenters. The van der Waals surface area contributed by atoms with Gasteiger partial charge in [0.1, 0.15) is 11.9 Å². The number of carbonyl (C=O) groups excluding carboxylic acids is 1. The maximum atomic E-state index is 13.1. The maximum absolute atomic E-state index is 13.1. The van der Waals surface area contributed by atoms with Crippen LogP contribution in [0.2, 0.25) is 0 Å². The maximum Gasteiger partial charge on any atom is 0.276 e. The van der Waals surface area contributed by atoms with Gasteiger partial charge in [-0.25, -0.2) is 0 Å². The minimum atomic E-state index is -0.0305. The summed E-state index contributed by atoms with van der Waals surface area (Å²) in [5, 5.41) is 8.69. The summed E-state index contributed by atoms with van der Waals surface area (Å²) < 4.78 is 6.12. The Kier molecular flexibility index (Phi) is 4.27. The van der Waals surface area contributed by atoms with Gasteiger partial charge in [0.2, 0.25) is 0 Å². The van der Waals surface area contributed by atoms with Gasteiger partial charge < -0.3 is 9.64 Å². The van der Waals surface area contributed by atoms with E-state index < -0.39 is 0 Å². The van der Waals surface area contributed by atoms with Crippen molar-refractivity contribution in [3.8, 4) is 11.4 Å². The molecule has 0 saturated carbocycles. The highest BCUT2D eigenvalue weighted by atomic mass is 16.5. The molecule has 0 N–H and O–H groups in total. The third-order valence-corrected chi connectivity index (χ3v) is 5.57. The van der Waals surface area contributed by atoms with Crippen molar-refractivity contribution in [3.05, 3.63) is 66.7 Å². The lowest BCUT2D eigenvalue weighted by Crippen LogP contribution is -2.49. The lowest BCUT2D eigenvalue weighted by atomic mass is 9.99. The molecule has 3 aromatic rings. The molecule has 0 radical (unpaired) electrons. The summed E-state index contributed by atoms with van der Waals surface area (Å²) in [5.74, 6) is 0.807. The number of nitrogens with zero attached hydrogens (tertiary/aromatic N) is 5. The fourth-order valence-electron chi connectivity index (χ4n) is 4.34. The second kappa shape index (κ2) is 7.07. The van der Waals surface area contributed by atoms with E-state index in [1.54, 1.807) is 18.6 Å². The van der Waals surface area contributed by atoms with Crippen LogP contribution in [0.15, 0.2) is 61.1 Å². The number of ether oxygens (including phenoxy) is 1. The topological polar surface area (TPSA) is 73.1 Å². The summed E-state index contributed by atoms with van der Waals surface area (Å²) >= 11 is 0. The number of rotatable bonds is 4. The van der Waals surface area contributed by atoms with Gasteiger partial charge in [0.05, 0.1) is 11.9 Å². The Morgan fingerprint density at radius 1 is 1.00 bits per heavy atom. The van der Waals surface area contributed by atoms with Crippen LogP contribution in [0.4, 0.5) is 0 Å². The van der Waals surface area contributed by atoms with Crippen molar-refractivity contribution in [1.82, 2.24) is 24.9 Å². The van der Waals surface area contributed by atoms with Crippen molar-refractivity contribution in [1.29, 1.82) is 0 Å². The molecular weight excluding hydrogens is 354 g/mol. The molecule has 7 nitrogen and oxygen atoms in total. The molecule has 2 saturated heterocycles. The molecule has 2 fully saturated rings. The Morgan fingerprint density at radius 2 is 1.71 bits per heavy atom. The molecule has 4 heterocycles. The molecule has 0 spiro atoms. The first-order valence-electron chi connectivity index (χ1n) is 9.65. The molecule has 2 aromatic heterocycles. The lowest BCUT2D eigenvalue weighted by Gasteiger charge is -2.38. The zero-order valence-corrected chi connectivity index (χ0v) is 15.4. The van der Waals surface area contributed by atoms with Gasteiger partial charge in [-0.1, -0.05) is 18.2 Å². The van der Waals surface area contributed by atoms with E-state index >= 15 is 0 Å². The van der Waals surface area contributed by atoms with Gasteiger partial charge in [-0.05, 0) is 37.1 Å². The van der Waals surface area contributed by atoms with Crippen LogP contribution < -0.4 is 4.74 Å². The largest absolute Gasteiger partial charge is 0.490 e. The van der Waals surface area contributed by atoms with Gasteiger partial charge in [-0.3, -0.25) is 9.78 Å². The molecular formula is C21H21N5O2. The third-order valence-electron chi connectivity index (χ3n) is 5.57. The van der Waals surface area contributed by atoms with Crippen molar-refractivity contribution >= 4 is 5.91 Å². The normalized spacial score (nSPS) is 23.6. The highest BCUT2D eigenvalue weighted by Gasteiger charge is 2.44. The van der Waals surface area contributed by atoms with Crippen LogP contribution in [-0.4, -0.2) is 49.0 Å². The molecule has 142 valence electrons. The molecule has 0 aliphatic carbocycles. The molecule has 2 aliphatic heterocycles. The Labute approximate surface area is 163 Å². The van der Waals surface area contributed by atoms with E-state index in [1.165, 1.54) is 4.80 Å². The van der Waals surface area contributed by atoms with Crippen molar-refractivity contribution < 1.29 is 9.53 Å². The van der Waals surface area contributed by atoms with Crippen molar-refractivity contribution in [3.63, 3.8) is 0 Å². The highest BCUT2D eigenvalue weighted by molar-refractivity contribution is 5.92.